The summed E-state index contributed by atoms with van der Waals surface area (Å²) in [5.74, 6) is 1.28. The van der Waals surface area contributed by atoms with Crippen LogP contribution in [0.5, 0.6) is 0 Å². The highest BCUT2D eigenvalue weighted by Gasteiger charge is 2.24. The third-order valence-corrected chi connectivity index (χ3v) is 7.60. The lowest BCUT2D eigenvalue weighted by Gasteiger charge is -2.31. The van der Waals surface area contributed by atoms with Crippen molar-refractivity contribution in [3.8, 4) is 0 Å². The number of nitrogens with one attached hydrogen (secondary N) is 2. The van der Waals surface area contributed by atoms with Crippen LogP contribution in [0.2, 0.25) is 0 Å². The van der Waals surface area contributed by atoms with E-state index in [1.165, 1.54) is 49.7 Å². The number of hydrogen-bond donors (Lipinski definition) is 3. The number of aliphatic imine (C=N–C) groups is 1. The number of carbonyl (C=O) groups excluding carboxylic acids is 3. The summed E-state index contributed by atoms with van der Waals surface area (Å²) < 4.78 is 5.16. The summed E-state index contributed by atoms with van der Waals surface area (Å²) in [6.07, 6.45) is 9.92. The molecule has 2 amide bonds. The van der Waals surface area contributed by atoms with Crippen molar-refractivity contribution in [2.24, 2.45) is 16.6 Å². The molecule has 0 aromatic heterocycles. The number of carbonyl (C=O) groups is 3. The first kappa shape index (κ1) is 46.2. The van der Waals surface area contributed by atoms with Crippen molar-refractivity contribution in [2.75, 3.05) is 46.4 Å². The molecular weight excluding hydrogens is 590 g/mol. The van der Waals surface area contributed by atoms with Crippen LogP contribution in [-0.2, 0) is 19.1 Å². The zero-order chi connectivity index (χ0) is 36.0. The lowest BCUT2D eigenvalue weighted by atomic mass is 9.83. The maximum Gasteiger partial charge on any atom is 0.220 e. The first-order valence-electron chi connectivity index (χ1n) is 17.7. The van der Waals surface area contributed by atoms with Gasteiger partial charge in [0.1, 0.15) is 6.29 Å². The van der Waals surface area contributed by atoms with Crippen molar-refractivity contribution < 1.29 is 19.1 Å². The zero-order valence-electron chi connectivity index (χ0n) is 31.3. The molecule has 1 aromatic rings. The molecule has 2 fully saturated rings. The van der Waals surface area contributed by atoms with Crippen molar-refractivity contribution in [3.63, 3.8) is 0 Å². The molecule has 270 valence electrons. The molecule has 1 saturated carbocycles. The van der Waals surface area contributed by atoms with E-state index < -0.39 is 0 Å². The van der Waals surface area contributed by atoms with Gasteiger partial charge in [-0.2, -0.15) is 0 Å². The molecule has 1 unspecified atom stereocenters. The molecule has 9 heteroatoms. The summed E-state index contributed by atoms with van der Waals surface area (Å²) in [7, 11) is 1.96. The van der Waals surface area contributed by atoms with Gasteiger partial charge in [-0.15, -0.1) is 0 Å². The maximum absolute atomic E-state index is 12.5. The highest BCUT2D eigenvalue weighted by molar-refractivity contribution is 5.89. The molecule has 2 aliphatic rings. The van der Waals surface area contributed by atoms with E-state index in [4.69, 9.17) is 14.5 Å². The van der Waals surface area contributed by atoms with Gasteiger partial charge in [0, 0.05) is 44.4 Å². The topological polar surface area (TPSA) is 126 Å². The molecule has 0 spiro atoms. The first-order chi connectivity index (χ1) is 22.6. The highest BCUT2D eigenvalue weighted by Crippen LogP contribution is 2.27. The van der Waals surface area contributed by atoms with Crippen molar-refractivity contribution in [3.05, 3.63) is 41.5 Å². The third-order valence-electron chi connectivity index (χ3n) is 7.60. The van der Waals surface area contributed by atoms with Crippen LogP contribution in [0.15, 0.2) is 35.3 Å². The van der Waals surface area contributed by atoms with Crippen LogP contribution in [0.3, 0.4) is 0 Å². The number of rotatable bonds is 12. The number of primary amides is 1. The Labute approximate surface area is 287 Å². The Balaban J connectivity index is 0. The van der Waals surface area contributed by atoms with E-state index in [9.17, 15) is 9.59 Å². The highest BCUT2D eigenvalue weighted by atomic mass is 16.5. The van der Waals surface area contributed by atoms with E-state index in [1.807, 2.05) is 27.8 Å². The van der Waals surface area contributed by atoms with E-state index >= 15 is 0 Å². The number of nitrogens with two attached hydrogens (primary N) is 1. The monoisotopic (exact) mass is 660 g/mol. The summed E-state index contributed by atoms with van der Waals surface area (Å²) in [6.45, 7) is 25.3. The van der Waals surface area contributed by atoms with Gasteiger partial charge >= 0.3 is 0 Å². The minimum atomic E-state index is 0.146. The van der Waals surface area contributed by atoms with Crippen molar-refractivity contribution in [1.29, 1.82) is 0 Å². The quantitative estimate of drug-likeness (QED) is 0.127. The molecule has 1 atom stereocenters. The van der Waals surface area contributed by atoms with Crippen molar-refractivity contribution >= 4 is 30.0 Å². The lowest BCUT2D eigenvalue weighted by molar-refractivity contribution is -0.122. The molecule has 1 aliphatic carbocycles. The minimum absolute atomic E-state index is 0.146. The third kappa shape index (κ3) is 23.1. The molecule has 4 N–H and O–H groups in total. The summed E-state index contributed by atoms with van der Waals surface area (Å²) >= 11 is 0. The number of ether oxygens (including phenoxy) is 1. The summed E-state index contributed by atoms with van der Waals surface area (Å²) in [4.78, 5) is 38.3. The maximum atomic E-state index is 12.5. The van der Waals surface area contributed by atoms with Gasteiger partial charge in [0.25, 0.3) is 0 Å². The number of amides is 2. The minimum Gasteiger partial charge on any atom is -0.379 e. The fourth-order valence-corrected chi connectivity index (χ4v) is 5.17. The van der Waals surface area contributed by atoms with E-state index in [0.29, 0.717) is 36.8 Å². The number of nitrogens with zero attached hydrogens (tertiary/aromatic N) is 2. The molecule has 0 radical (unpaired) electrons. The second-order valence-electron chi connectivity index (χ2n) is 12.2. The van der Waals surface area contributed by atoms with Crippen LogP contribution < -0.4 is 16.4 Å². The largest absolute Gasteiger partial charge is 0.379 e. The Morgan fingerprint density at radius 1 is 1.11 bits per heavy atom. The van der Waals surface area contributed by atoms with E-state index in [0.717, 1.165) is 50.5 Å². The van der Waals surface area contributed by atoms with Gasteiger partial charge in [-0.1, -0.05) is 85.9 Å². The lowest BCUT2D eigenvalue weighted by Crippen LogP contribution is -2.46. The van der Waals surface area contributed by atoms with Gasteiger partial charge in [0.05, 0.1) is 18.9 Å². The standard InChI is InChI=1S/C24H39N3O.C8H13NO2.C3H8.C2H6.CH3NO/c1-17(2)21-12-13-22(18(3)15-21)26-19(4)11-14-24(28)27-23(16-25-5)20-9-7-6-8-10-20;1-8(7-10)6-9-2-4-11-5-3-9;1-3-2;1-2;2-1-3/h12-13,15,17,20,23,25H,6-11,14,16H2,1-5H3,(H,27,28);7H,1-6H2;3H2,1-2H3;1-2H3;1H,(H2,2,3). The molecule has 1 aliphatic heterocycles. The number of likely N-dealkylation sites (N-methyl/N-ethyl adjacent to an activating group) is 1. The Hall–Kier alpha value is -2.88. The summed E-state index contributed by atoms with van der Waals surface area (Å²) in [6, 6.07) is 6.72. The van der Waals surface area contributed by atoms with Crippen molar-refractivity contribution in [1.82, 2.24) is 15.5 Å². The first-order valence-corrected chi connectivity index (χ1v) is 17.7. The average Bonchev–Trinajstić information content (AvgIpc) is 3.07. The normalized spacial score (nSPS) is 15.5. The van der Waals surface area contributed by atoms with Crippen LogP contribution in [0, 0.1) is 12.8 Å². The molecule has 1 aromatic carbocycles. The number of morpholine rings is 1. The van der Waals surface area contributed by atoms with Gasteiger partial charge in [-0.3, -0.25) is 24.3 Å². The molecule has 47 heavy (non-hydrogen) atoms. The van der Waals surface area contributed by atoms with Gasteiger partial charge < -0.3 is 21.1 Å². The average molecular weight is 660 g/mol. The van der Waals surface area contributed by atoms with Crippen LogP contribution in [-0.4, -0.2) is 81.7 Å². The zero-order valence-corrected chi connectivity index (χ0v) is 31.3. The fraction of sp³-hybridized carbons (Fsp3) is 0.684. The van der Waals surface area contributed by atoms with Gasteiger partial charge in [-0.05, 0) is 74.8 Å². The smallest absolute Gasteiger partial charge is 0.220 e. The summed E-state index contributed by atoms with van der Waals surface area (Å²) in [5, 5.41) is 6.53. The molecular formula is C38H69N5O4. The number of aryl methyl sites for hydroxylation is 1. The Morgan fingerprint density at radius 2 is 1.68 bits per heavy atom. The number of benzene rings is 1. The number of hydrogen-bond acceptors (Lipinski definition) is 7. The molecule has 1 heterocycles. The second kappa shape index (κ2) is 30.5. The molecule has 1 saturated heterocycles. The number of aldehydes is 1. The second-order valence-corrected chi connectivity index (χ2v) is 12.2. The van der Waals surface area contributed by atoms with Crippen LogP contribution >= 0.6 is 0 Å². The Bertz CT molecular complexity index is 1000. The van der Waals surface area contributed by atoms with Crippen LogP contribution in [0.25, 0.3) is 0 Å². The van der Waals surface area contributed by atoms with Gasteiger partial charge in [-0.25, -0.2) is 0 Å². The van der Waals surface area contributed by atoms with Crippen LogP contribution in [0.1, 0.15) is 117 Å². The van der Waals surface area contributed by atoms with E-state index in [-0.39, 0.29) is 18.4 Å². The van der Waals surface area contributed by atoms with E-state index in [1.54, 1.807) is 0 Å². The van der Waals surface area contributed by atoms with Gasteiger partial charge in [0.15, 0.2) is 0 Å². The van der Waals surface area contributed by atoms with Crippen LogP contribution in [0.4, 0.5) is 5.69 Å². The molecule has 9 nitrogen and oxygen atoms in total. The van der Waals surface area contributed by atoms with Gasteiger partial charge in [0.2, 0.25) is 12.3 Å². The molecule has 3 rings (SSSR count). The SMILES string of the molecule is C=C(C=O)CN1CCOCC1.CC.CCC.CNCC(NC(=O)CCC(C)=Nc1ccc(C(C)C)cc1C)C1CCCCC1.NC=O. The molecule has 0 bridgehead atoms. The predicted octanol–water partition coefficient (Wildman–Crippen LogP) is 6.89. The Kier molecular flexibility index (Phi) is 30.0. The van der Waals surface area contributed by atoms with E-state index in [2.05, 4.69) is 80.7 Å². The summed E-state index contributed by atoms with van der Waals surface area (Å²) in [5.41, 5.74) is 9.37. The predicted molar refractivity (Wildman–Crippen MR) is 200 cm³/mol. The van der Waals surface area contributed by atoms with Crippen molar-refractivity contribution in [2.45, 2.75) is 119 Å². The fourth-order valence-electron chi connectivity index (χ4n) is 5.17. The Morgan fingerprint density at radius 3 is 2.17 bits per heavy atom.